The van der Waals surface area contributed by atoms with E-state index in [1.807, 2.05) is 0 Å². The molecule has 3 N–H and O–H groups in total. The second kappa shape index (κ2) is 10.2. The Morgan fingerprint density at radius 3 is 2.50 bits per heavy atom. The molecular formula is C25H19F5N4O2. The number of rotatable bonds is 7. The molecule has 2 aromatic carbocycles. The summed E-state index contributed by atoms with van der Waals surface area (Å²) >= 11 is 0. The Bertz CT molecular complexity index is 1370. The molecule has 0 fully saturated rings. The van der Waals surface area contributed by atoms with Gasteiger partial charge in [0.05, 0.1) is 46.4 Å². The molecule has 1 amide bonds. The summed E-state index contributed by atoms with van der Waals surface area (Å²) in [7, 11) is 0. The number of halogens is 5. The molecule has 4 rings (SSSR count). The van der Waals surface area contributed by atoms with Crippen LogP contribution in [0.4, 0.5) is 22.0 Å². The number of alkyl halides is 3. The molecule has 2 heterocycles. The highest BCUT2D eigenvalue weighted by Crippen LogP contribution is 2.32. The fourth-order valence-electron chi connectivity index (χ4n) is 3.72. The van der Waals surface area contributed by atoms with Crippen molar-refractivity contribution in [2.75, 3.05) is 6.61 Å². The summed E-state index contributed by atoms with van der Waals surface area (Å²) in [5, 5.41) is 19.0. The van der Waals surface area contributed by atoms with E-state index in [1.54, 1.807) is 0 Å². The molecule has 4 aromatic rings. The maximum absolute atomic E-state index is 14.8. The molecule has 1 atom stereocenters. The Labute approximate surface area is 201 Å². The largest absolute Gasteiger partial charge is 0.418 e. The number of carbonyl (C=O) groups is 1. The molecule has 2 aromatic heterocycles. The molecule has 186 valence electrons. The Balaban J connectivity index is 1.60. The number of H-pyrrole nitrogens is 1. The minimum Gasteiger partial charge on any atom is -0.394 e. The number of hydrogen-bond donors (Lipinski definition) is 3. The Hall–Kier alpha value is -4.12. The van der Waals surface area contributed by atoms with E-state index in [-0.39, 0.29) is 22.5 Å². The summed E-state index contributed by atoms with van der Waals surface area (Å²) in [6.07, 6.45) is -3.88. The summed E-state index contributed by atoms with van der Waals surface area (Å²) in [4.78, 5) is 16.8. The van der Waals surface area contributed by atoms with E-state index in [1.165, 1.54) is 48.7 Å². The number of carbonyl (C=O) groups excluding carboxylic acids is 1. The number of aromatic amines is 1. The molecule has 0 spiro atoms. The van der Waals surface area contributed by atoms with Crippen LogP contribution in [0, 0.1) is 11.6 Å². The van der Waals surface area contributed by atoms with Crippen LogP contribution in [0.5, 0.6) is 0 Å². The van der Waals surface area contributed by atoms with Crippen molar-refractivity contribution in [2.24, 2.45) is 0 Å². The lowest BCUT2D eigenvalue weighted by atomic mass is 10.0. The molecular weight excluding hydrogens is 483 g/mol. The fourth-order valence-corrected chi connectivity index (χ4v) is 3.72. The number of nitrogens with zero attached hydrogens (tertiary/aromatic N) is 2. The molecule has 6 nitrogen and oxygen atoms in total. The first-order valence-corrected chi connectivity index (χ1v) is 10.7. The van der Waals surface area contributed by atoms with Gasteiger partial charge < -0.3 is 10.4 Å². The standard InChI is InChI=1S/C25H19F5N4O2/c26-15-8-6-14(7-9-15)20-12-22(34-33-20)23-17(3-1-5-19(23)27)24(36)32-16(13-35)11-21-18(25(28,29)30)4-2-10-31-21/h1-10,12,16,35H,11,13H2,(H,32,36)(H,33,34)/t16-/m1/s1. The Morgan fingerprint density at radius 1 is 1.06 bits per heavy atom. The van der Waals surface area contributed by atoms with E-state index >= 15 is 0 Å². The lowest BCUT2D eigenvalue weighted by Crippen LogP contribution is -2.40. The van der Waals surface area contributed by atoms with Crippen molar-refractivity contribution < 1.29 is 31.9 Å². The zero-order chi connectivity index (χ0) is 25.9. The topological polar surface area (TPSA) is 90.9 Å². The average Bonchev–Trinajstić information content (AvgIpc) is 3.33. The molecule has 0 saturated heterocycles. The van der Waals surface area contributed by atoms with E-state index in [2.05, 4.69) is 20.5 Å². The molecule has 0 aliphatic heterocycles. The zero-order valence-electron chi connectivity index (χ0n) is 18.5. The number of hydrogen-bond acceptors (Lipinski definition) is 4. The number of pyridine rings is 1. The van der Waals surface area contributed by atoms with Crippen molar-refractivity contribution in [3.05, 3.63) is 95.3 Å². The van der Waals surface area contributed by atoms with Crippen LogP contribution < -0.4 is 5.32 Å². The van der Waals surface area contributed by atoms with Gasteiger partial charge in [-0.05, 0) is 60.2 Å². The third kappa shape index (κ3) is 5.41. The smallest absolute Gasteiger partial charge is 0.394 e. The lowest BCUT2D eigenvalue weighted by Gasteiger charge is -2.19. The second-order valence-electron chi connectivity index (χ2n) is 7.89. The van der Waals surface area contributed by atoms with E-state index in [9.17, 15) is 31.9 Å². The van der Waals surface area contributed by atoms with Crippen LogP contribution in [-0.2, 0) is 12.6 Å². The van der Waals surface area contributed by atoms with Crippen molar-refractivity contribution in [3.63, 3.8) is 0 Å². The van der Waals surface area contributed by atoms with Gasteiger partial charge >= 0.3 is 6.18 Å². The molecule has 0 radical (unpaired) electrons. The van der Waals surface area contributed by atoms with Gasteiger partial charge in [0.25, 0.3) is 5.91 Å². The summed E-state index contributed by atoms with van der Waals surface area (Å²) in [5.74, 6) is -2.01. The predicted octanol–water partition coefficient (Wildman–Crippen LogP) is 4.77. The molecule has 0 unspecified atom stereocenters. The van der Waals surface area contributed by atoms with Crippen molar-refractivity contribution >= 4 is 5.91 Å². The Morgan fingerprint density at radius 2 is 1.81 bits per heavy atom. The highest BCUT2D eigenvalue weighted by atomic mass is 19.4. The summed E-state index contributed by atoms with van der Waals surface area (Å²) in [5.41, 5.74) is -0.500. The van der Waals surface area contributed by atoms with Gasteiger partial charge in [0.1, 0.15) is 11.6 Å². The van der Waals surface area contributed by atoms with Crippen LogP contribution in [0.15, 0.2) is 66.9 Å². The van der Waals surface area contributed by atoms with Crippen LogP contribution in [0.1, 0.15) is 21.6 Å². The third-order valence-electron chi connectivity index (χ3n) is 5.44. The Kier molecular flexibility index (Phi) is 7.11. The van der Waals surface area contributed by atoms with Gasteiger partial charge in [-0.15, -0.1) is 0 Å². The molecule has 0 saturated carbocycles. The van der Waals surface area contributed by atoms with Gasteiger partial charge in [0.15, 0.2) is 0 Å². The highest BCUT2D eigenvalue weighted by Gasteiger charge is 2.34. The summed E-state index contributed by atoms with van der Waals surface area (Å²) in [6, 6.07) is 11.6. The van der Waals surface area contributed by atoms with Gasteiger partial charge in [-0.1, -0.05) is 6.07 Å². The van der Waals surface area contributed by atoms with E-state index in [0.717, 1.165) is 18.2 Å². The van der Waals surface area contributed by atoms with Crippen LogP contribution in [-0.4, -0.2) is 38.8 Å². The molecule has 0 aliphatic carbocycles. The number of aliphatic hydroxyl groups is 1. The van der Waals surface area contributed by atoms with Gasteiger partial charge in [0, 0.05) is 12.6 Å². The van der Waals surface area contributed by atoms with Gasteiger partial charge in [-0.2, -0.15) is 18.3 Å². The number of aliphatic hydroxyl groups excluding tert-OH is 1. The van der Waals surface area contributed by atoms with E-state index < -0.39 is 48.4 Å². The van der Waals surface area contributed by atoms with Crippen LogP contribution in [0.25, 0.3) is 22.5 Å². The maximum atomic E-state index is 14.8. The third-order valence-corrected chi connectivity index (χ3v) is 5.44. The number of aromatic nitrogens is 3. The minimum atomic E-state index is -4.66. The number of amides is 1. The number of benzene rings is 2. The molecule has 0 bridgehead atoms. The first-order valence-electron chi connectivity index (χ1n) is 10.7. The van der Waals surface area contributed by atoms with Gasteiger partial charge in [-0.25, -0.2) is 8.78 Å². The molecule has 11 heteroatoms. The second-order valence-corrected chi connectivity index (χ2v) is 7.89. The minimum absolute atomic E-state index is 0.0854. The highest BCUT2D eigenvalue weighted by molar-refractivity contribution is 6.01. The quantitative estimate of drug-likeness (QED) is 0.318. The maximum Gasteiger partial charge on any atom is 0.418 e. The monoisotopic (exact) mass is 502 g/mol. The fraction of sp³-hybridized carbons (Fsp3) is 0.160. The first-order chi connectivity index (χ1) is 17.2. The van der Waals surface area contributed by atoms with Crippen LogP contribution in [0.3, 0.4) is 0 Å². The average molecular weight is 502 g/mol. The van der Waals surface area contributed by atoms with Crippen LogP contribution >= 0.6 is 0 Å². The lowest BCUT2D eigenvalue weighted by molar-refractivity contribution is -0.138. The normalized spacial score (nSPS) is 12.4. The zero-order valence-corrected chi connectivity index (χ0v) is 18.5. The van der Waals surface area contributed by atoms with Crippen molar-refractivity contribution in [3.8, 4) is 22.5 Å². The SMILES string of the molecule is O=C(N[C@@H](CO)Cc1ncccc1C(F)(F)F)c1cccc(F)c1-c1cc(-c2ccc(F)cc2)[nH]n1. The van der Waals surface area contributed by atoms with Crippen molar-refractivity contribution in [2.45, 2.75) is 18.6 Å². The number of nitrogens with one attached hydrogen (secondary N) is 2. The van der Waals surface area contributed by atoms with Crippen molar-refractivity contribution in [1.82, 2.24) is 20.5 Å². The first kappa shape index (κ1) is 25.0. The van der Waals surface area contributed by atoms with Crippen LogP contribution in [0.2, 0.25) is 0 Å². The van der Waals surface area contributed by atoms with E-state index in [4.69, 9.17) is 0 Å². The summed E-state index contributed by atoms with van der Waals surface area (Å²) in [6.45, 7) is -0.679. The molecule has 36 heavy (non-hydrogen) atoms. The summed E-state index contributed by atoms with van der Waals surface area (Å²) < 4.78 is 68.0. The molecule has 0 aliphatic rings. The predicted molar refractivity (Wildman–Crippen MR) is 121 cm³/mol. The van der Waals surface area contributed by atoms with Crippen molar-refractivity contribution in [1.29, 1.82) is 0 Å². The van der Waals surface area contributed by atoms with Gasteiger partial charge in [0.2, 0.25) is 0 Å². The van der Waals surface area contributed by atoms with E-state index in [0.29, 0.717) is 11.3 Å². The van der Waals surface area contributed by atoms with Gasteiger partial charge in [-0.3, -0.25) is 14.9 Å².